The third-order valence-electron chi connectivity index (χ3n) is 8.92. The van der Waals surface area contributed by atoms with Gasteiger partial charge in [-0.2, -0.15) is 0 Å². The van der Waals surface area contributed by atoms with Gasteiger partial charge in [-0.05, 0) is 73.5 Å². The predicted molar refractivity (Wildman–Crippen MR) is 165 cm³/mol. The smallest absolute Gasteiger partial charge is 0.245 e. The summed E-state index contributed by atoms with van der Waals surface area (Å²) in [5, 5.41) is 10.8. The molecule has 3 aliphatic rings. The van der Waals surface area contributed by atoms with Crippen molar-refractivity contribution in [2.24, 2.45) is 5.92 Å². The topological polar surface area (TPSA) is 76.7 Å². The van der Waals surface area contributed by atoms with Crippen molar-refractivity contribution in [1.82, 2.24) is 25.8 Å². The Balaban J connectivity index is 1.25. The number of rotatable bonds is 10. The Morgan fingerprint density at radius 1 is 1.02 bits per heavy atom. The SMILES string of the molecule is CC(C)CN(C1CCN(C(=O)[C@@H](Cc2ccc(Cl)cc2)NC(=O)C[C@H]2NCCc3ccccc32)CC1)[C@H]1CCNC1. The zero-order chi connectivity index (χ0) is 28.8. The molecule has 0 aliphatic carbocycles. The Labute approximate surface area is 250 Å². The fourth-order valence-electron chi connectivity index (χ4n) is 6.85. The van der Waals surface area contributed by atoms with Crippen LogP contribution >= 0.6 is 11.6 Å². The maximum absolute atomic E-state index is 14.0. The Hall–Kier alpha value is -2.45. The van der Waals surface area contributed by atoms with Gasteiger partial charge in [-0.25, -0.2) is 0 Å². The van der Waals surface area contributed by atoms with Crippen molar-refractivity contribution in [3.63, 3.8) is 0 Å². The summed E-state index contributed by atoms with van der Waals surface area (Å²) in [6.45, 7) is 10.1. The third-order valence-corrected chi connectivity index (χ3v) is 9.17. The van der Waals surface area contributed by atoms with E-state index in [1.165, 1.54) is 17.5 Å². The molecule has 2 fully saturated rings. The van der Waals surface area contributed by atoms with Gasteiger partial charge in [-0.3, -0.25) is 14.5 Å². The van der Waals surface area contributed by atoms with Crippen molar-refractivity contribution in [2.75, 3.05) is 39.3 Å². The van der Waals surface area contributed by atoms with Gasteiger partial charge in [0.05, 0.1) is 0 Å². The molecule has 3 aliphatic heterocycles. The zero-order valence-corrected chi connectivity index (χ0v) is 25.3. The van der Waals surface area contributed by atoms with E-state index in [-0.39, 0.29) is 17.9 Å². The minimum atomic E-state index is -0.607. The van der Waals surface area contributed by atoms with E-state index in [1.54, 1.807) is 0 Å². The summed E-state index contributed by atoms with van der Waals surface area (Å²) in [6.07, 6.45) is 4.86. The number of halogens is 1. The standard InChI is InChI=1S/C33H46ClN5O2/c1-23(2)22-39(28-12-15-35-21-28)27-13-17-38(18-14-27)33(41)31(19-24-7-9-26(34)10-8-24)37-32(40)20-30-29-6-4-3-5-25(29)11-16-36-30/h3-10,23,27-28,30-31,35-36H,11-22H2,1-2H3,(H,37,40)/t28-,30+,31+/m0/s1. The summed E-state index contributed by atoms with van der Waals surface area (Å²) in [7, 11) is 0. The van der Waals surface area contributed by atoms with Crippen molar-refractivity contribution >= 4 is 23.4 Å². The largest absolute Gasteiger partial charge is 0.344 e. The number of fused-ring (bicyclic) bond motifs is 1. The minimum absolute atomic E-state index is 0.0155. The number of carbonyl (C=O) groups is 2. The van der Waals surface area contributed by atoms with Crippen LogP contribution in [0.4, 0.5) is 0 Å². The average Bonchev–Trinajstić information content (AvgIpc) is 3.51. The Morgan fingerprint density at radius 3 is 2.49 bits per heavy atom. The molecule has 0 radical (unpaired) electrons. The molecule has 0 bridgehead atoms. The molecule has 0 aromatic heterocycles. The second-order valence-electron chi connectivity index (χ2n) is 12.4. The molecule has 3 N–H and O–H groups in total. The summed E-state index contributed by atoms with van der Waals surface area (Å²) >= 11 is 6.12. The number of likely N-dealkylation sites (tertiary alicyclic amines) is 1. The van der Waals surface area contributed by atoms with E-state index in [4.69, 9.17) is 11.6 Å². The van der Waals surface area contributed by atoms with Crippen LogP contribution in [0.3, 0.4) is 0 Å². The normalized spacial score (nSPS) is 22.1. The van der Waals surface area contributed by atoms with Crippen molar-refractivity contribution in [3.05, 3.63) is 70.2 Å². The molecule has 0 unspecified atom stereocenters. The number of hydrogen-bond acceptors (Lipinski definition) is 5. The molecule has 3 heterocycles. The van der Waals surface area contributed by atoms with Crippen LogP contribution < -0.4 is 16.0 Å². The van der Waals surface area contributed by atoms with E-state index in [2.05, 4.69) is 52.9 Å². The van der Waals surface area contributed by atoms with Gasteiger partial charge in [0.1, 0.15) is 6.04 Å². The molecule has 2 amide bonds. The molecule has 0 saturated carbocycles. The molecule has 8 heteroatoms. The van der Waals surface area contributed by atoms with Gasteiger partial charge >= 0.3 is 0 Å². The van der Waals surface area contributed by atoms with Crippen molar-refractivity contribution in [3.8, 4) is 0 Å². The monoisotopic (exact) mass is 579 g/mol. The first-order valence-electron chi connectivity index (χ1n) is 15.5. The van der Waals surface area contributed by atoms with Crippen molar-refractivity contribution in [2.45, 2.75) is 76.5 Å². The van der Waals surface area contributed by atoms with Crippen LogP contribution in [-0.4, -0.2) is 79.0 Å². The lowest BCUT2D eigenvalue weighted by Crippen LogP contribution is -2.55. The number of piperidine rings is 1. The highest BCUT2D eigenvalue weighted by Crippen LogP contribution is 2.26. The fraction of sp³-hybridized carbons (Fsp3) is 0.576. The van der Waals surface area contributed by atoms with Gasteiger partial charge in [0.2, 0.25) is 11.8 Å². The summed E-state index contributed by atoms with van der Waals surface area (Å²) < 4.78 is 0. The van der Waals surface area contributed by atoms with E-state index in [0.29, 0.717) is 35.9 Å². The number of carbonyl (C=O) groups excluding carboxylic acids is 2. The average molecular weight is 580 g/mol. The molecule has 5 rings (SSSR count). The van der Waals surface area contributed by atoms with E-state index < -0.39 is 6.04 Å². The first-order chi connectivity index (χ1) is 19.9. The molecular weight excluding hydrogens is 534 g/mol. The predicted octanol–water partition coefficient (Wildman–Crippen LogP) is 3.96. The van der Waals surface area contributed by atoms with E-state index in [9.17, 15) is 9.59 Å². The summed E-state index contributed by atoms with van der Waals surface area (Å²) in [5.41, 5.74) is 3.46. The van der Waals surface area contributed by atoms with Crippen LogP contribution in [0.5, 0.6) is 0 Å². The van der Waals surface area contributed by atoms with Crippen LogP contribution in [-0.2, 0) is 22.4 Å². The van der Waals surface area contributed by atoms with E-state index >= 15 is 0 Å². The number of nitrogens with zero attached hydrogens (tertiary/aromatic N) is 2. The second kappa shape index (κ2) is 14.1. The Morgan fingerprint density at radius 2 is 1.78 bits per heavy atom. The van der Waals surface area contributed by atoms with Gasteiger partial charge in [0, 0.05) is 62.2 Å². The van der Waals surface area contributed by atoms with Gasteiger partial charge in [0.25, 0.3) is 0 Å². The Bertz CT molecular complexity index is 1160. The molecule has 0 spiro atoms. The molecule has 222 valence electrons. The van der Waals surface area contributed by atoms with Gasteiger partial charge < -0.3 is 20.9 Å². The second-order valence-corrected chi connectivity index (χ2v) is 12.8. The van der Waals surface area contributed by atoms with Gasteiger partial charge in [-0.15, -0.1) is 0 Å². The first-order valence-corrected chi connectivity index (χ1v) is 15.9. The quantitative estimate of drug-likeness (QED) is 0.397. The summed E-state index contributed by atoms with van der Waals surface area (Å²) in [4.78, 5) is 32.0. The number of amides is 2. The van der Waals surface area contributed by atoms with E-state index in [0.717, 1.165) is 64.1 Å². The molecule has 3 atom stereocenters. The highest BCUT2D eigenvalue weighted by molar-refractivity contribution is 6.30. The van der Waals surface area contributed by atoms with Crippen LogP contribution in [0.25, 0.3) is 0 Å². The molecule has 2 aromatic rings. The van der Waals surface area contributed by atoms with Crippen molar-refractivity contribution in [1.29, 1.82) is 0 Å². The molecule has 41 heavy (non-hydrogen) atoms. The number of benzene rings is 2. The van der Waals surface area contributed by atoms with Crippen molar-refractivity contribution < 1.29 is 9.59 Å². The van der Waals surface area contributed by atoms with Crippen LogP contribution in [0.15, 0.2) is 48.5 Å². The van der Waals surface area contributed by atoms with Gasteiger partial charge in [-0.1, -0.05) is 61.8 Å². The van der Waals surface area contributed by atoms with Gasteiger partial charge in [0.15, 0.2) is 0 Å². The highest BCUT2D eigenvalue weighted by Gasteiger charge is 2.35. The highest BCUT2D eigenvalue weighted by atomic mass is 35.5. The number of hydrogen-bond donors (Lipinski definition) is 3. The van der Waals surface area contributed by atoms with E-state index in [1.807, 2.05) is 35.2 Å². The lowest BCUT2D eigenvalue weighted by molar-refractivity contribution is -0.138. The maximum Gasteiger partial charge on any atom is 0.245 e. The molecular formula is C33H46ClN5O2. The summed E-state index contributed by atoms with van der Waals surface area (Å²) in [5.74, 6) is 0.528. The zero-order valence-electron chi connectivity index (χ0n) is 24.6. The first kappa shape index (κ1) is 30.0. The molecule has 2 saturated heterocycles. The third kappa shape index (κ3) is 7.89. The minimum Gasteiger partial charge on any atom is -0.344 e. The molecule has 2 aromatic carbocycles. The van der Waals surface area contributed by atoms with Crippen LogP contribution in [0.2, 0.25) is 5.02 Å². The van der Waals surface area contributed by atoms with Crippen LogP contribution in [0, 0.1) is 5.92 Å². The lowest BCUT2D eigenvalue weighted by atomic mass is 9.92. The lowest BCUT2D eigenvalue weighted by Gasteiger charge is -2.42. The molecule has 7 nitrogen and oxygen atoms in total. The Kier molecular flexibility index (Phi) is 10.4. The maximum atomic E-state index is 14.0. The summed E-state index contributed by atoms with van der Waals surface area (Å²) in [6, 6.07) is 16.3. The number of nitrogens with one attached hydrogen (secondary N) is 3. The fourth-order valence-corrected chi connectivity index (χ4v) is 6.97. The van der Waals surface area contributed by atoms with Crippen LogP contribution in [0.1, 0.15) is 62.3 Å².